The second-order valence-electron chi connectivity index (χ2n) is 12.5. The van der Waals surface area contributed by atoms with Gasteiger partial charge in [0.2, 0.25) is 5.88 Å². The van der Waals surface area contributed by atoms with Crippen molar-refractivity contribution in [1.29, 1.82) is 4.78 Å². The van der Waals surface area contributed by atoms with E-state index in [1.165, 1.54) is 28.5 Å². The summed E-state index contributed by atoms with van der Waals surface area (Å²) in [5, 5.41) is 7.66. The molecule has 3 atom stereocenters. The van der Waals surface area contributed by atoms with Crippen molar-refractivity contribution < 1.29 is 13.7 Å². The number of nitrogens with one attached hydrogen (secondary N) is 3. The number of nitrogens with zero attached hydrogens (tertiary/aromatic N) is 2. The highest BCUT2D eigenvalue weighted by Crippen LogP contribution is 2.46. The summed E-state index contributed by atoms with van der Waals surface area (Å²) >= 11 is 0. The first kappa shape index (κ1) is 28.7. The molecular weight excluding hydrogens is 595 g/mol. The Morgan fingerprint density at radius 3 is 2.13 bits per heavy atom. The van der Waals surface area contributed by atoms with Crippen molar-refractivity contribution in [3.05, 3.63) is 142 Å². The maximum Gasteiger partial charge on any atom is 0.267 e. The first-order chi connectivity index (χ1) is 22.3. The van der Waals surface area contributed by atoms with Crippen molar-refractivity contribution in [2.75, 3.05) is 5.32 Å². The van der Waals surface area contributed by atoms with Gasteiger partial charge in [-0.1, -0.05) is 104 Å². The number of hydrogen-bond acceptors (Lipinski definition) is 5. The van der Waals surface area contributed by atoms with Crippen molar-refractivity contribution in [2.45, 2.75) is 61.6 Å². The number of carbonyl (C=O) groups excluding carboxylic acids is 1. The number of aryl methyl sites for hydroxylation is 1. The van der Waals surface area contributed by atoms with Crippen LogP contribution in [0.4, 0.5) is 5.69 Å². The fourth-order valence-electron chi connectivity index (χ4n) is 7.48. The van der Waals surface area contributed by atoms with Gasteiger partial charge in [-0.3, -0.25) is 4.79 Å². The molecule has 0 fully saturated rings. The van der Waals surface area contributed by atoms with Gasteiger partial charge in [0.1, 0.15) is 20.3 Å². The molecule has 0 radical (unpaired) electrons. The van der Waals surface area contributed by atoms with Gasteiger partial charge in [-0.25, -0.2) is 18.4 Å². The van der Waals surface area contributed by atoms with Crippen molar-refractivity contribution in [2.24, 2.45) is 0 Å². The second-order valence-corrected chi connectivity index (χ2v) is 14.3. The Morgan fingerprint density at radius 1 is 0.935 bits per heavy atom. The number of rotatable bonds is 8. The van der Waals surface area contributed by atoms with Gasteiger partial charge in [-0.2, -0.15) is 5.10 Å². The van der Waals surface area contributed by atoms with Crippen molar-refractivity contribution in [3.8, 4) is 5.88 Å². The summed E-state index contributed by atoms with van der Waals surface area (Å²) in [6, 6.07) is 31.5. The zero-order valence-corrected chi connectivity index (χ0v) is 26.3. The van der Waals surface area contributed by atoms with Gasteiger partial charge < -0.3 is 10.1 Å². The third-order valence-corrected chi connectivity index (χ3v) is 11.2. The summed E-state index contributed by atoms with van der Waals surface area (Å²) in [6.45, 7) is 2.37. The molecule has 2 unspecified atom stereocenters. The lowest BCUT2D eigenvalue weighted by atomic mass is 9.75. The molecule has 2 aliphatic carbocycles. The number of aromatic nitrogens is 2. The fraction of sp³-hybridized carbons (Fsp3) is 0.243. The van der Waals surface area contributed by atoms with Crippen LogP contribution in [-0.4, -0.2) is 26.0 Å². The molecule has 8 nitrogen and oxygen atoms in total. The molecule has 0 saturated heterocycles. The average molecular weight is 630 g/mol. The number of carbonyl (C=O) groups is 1. The number of hydrogen-bond donors (Lipinski definition) is 3. The van der Waals surface area contributed by atoms with E-state index in [0.717, 1.165) is 48.1 Å². The summed E-state index contributed by atoms with van der Waals surface area (Å²) in [4.78, 5) is 13.8. The van der Waals surface area contributed by atoms with E-state index >= 15 is 0 Å². The lowest BCUT2D eigenvalue weighted by Crippen LogP contribution is -2.47. The first-order valence-corrected chi connectivity index (χ1v) is 17.4. The van der Waals surface area contributed by atoms with Crippen molar-refractivity contribution in [3.63, 3.8) is 0 Å². The standard InChI is InChI=1S/C37H35N5O3S/c1-24-20-26-21-25-12-11-19-30(25)34(33(24)26)40-35(43)31-23-42-36(45-31)32(22-39-42)46(38,44)41-37(27-13-5-2-6-14-27,28-15-7-3-8-16-28)29-17-9-4-10-18-29/h2-10,13-18,21-22,24,31H,11-12,19-20,23H2,1H3,(H,40,43)(H2,38,41,44)/t24-,31?,46?/m0/s1. The molecule has 2 heterocycles. The smallest absolute Gasteiger partial charge is 0.267 e. The molecule has 46 heavy (non-hydrogen) atoms. The van der Waals surface area contributed by atoms with Gasteiger partial charge in [-0.15, -0.1) is 0 Å². The predicted molar refractivity (Wildman–Crippen MR) is 177 cm³/mol. The third kappa shape index (κ3) is 4.56. The van der Waals surface area contributed by atoms with E-state index < -0.39 is 21.6 Å². The maximum atomic E-state index is 14.7. The molecule has 0 bridgehead atoms. The van der Waals surface area contributed by atoms with Crippen LogP contribution in [0.5, 0.6) is 5.88 Å². The van der Waals surface area contributed by atoms with E-state index in [1.54, 1.807) is 4.68 Å². The third-order valence-electron chi connectivity index (χ3n) is 9.66. The Hall–Kier alpha value is -4.73. The van der Waals surface area contributed by atoms with Crippen LogP contribution in [-0.2, 0) is 46.1 Å². The van der Waals surface area contributed by atoms with Crippen LogP contribution in [0.1, 0.15) is 58.2 Å². The average Bonchev–Trinajstić information content (AvgIpc) is 3.81. The second kappa shape index (κ2) is 11.0. The van der Waals surface area contributed by atoms with Gasteiger partial charge >= 0.3 is 0 Å². The van der Waals surface area contributed by atoms with E-state index in [0.29, 0.717) is 5.92 Å². The summed E-state index contributed by atoms with van der Waals surface area (Å²) in [6.07, 6.45) is 4.69. The zero-order chi connectivity index (χ0) is 31.5. The molecular formula is C37H35N5O3S. The van der Waals surface area contributed by atoms with Crippen LogP contribution in [0.2, 0.25) is 0 Å². The molecule has 1 amide bonds. The highest BCUT2D eigenvalue weighted by molar-refractivity contribution is 7.90. The summed E-state index contributed by atoms with van der Waals surface area (Å²) in [7, 11) is -3.76. The normalized spacial score (nSPS) is 19.2. The predicted octanol–water partition coefficient (Wildman–Crippen LogP) is 6.33. The Bertz CT molecular complexity index is 1960. The minimum absolute atomic E-state index is 0.105. The molecule has 5 aromatic rings. The van der Waals surface area contributed by atoms with Crippen LogP contribution in [0, 0.1) is 4.78 Å². The molecule has 1 aliphatic heterocycles. The van der Waals surface area contributed by atoms with Crippen molar-refractivity contribution in [1.82, 2.24) is 14.5 Å². The van der Waals surface area contributed by atoms with Crippen LogP contribution < -0.4 is 14.8 Å². The SMILES string of the molecule is C[C@H]1Cc2cc3c(c(NC(=O)C4Cn5ncc(S(=N)(=O)NC(c6ccccc6)(c6ccccc6)c6ccccc6)c5O4)c21)CCC3. The van der Waals surface area contributed by atoms with Gasteiger partial charge in [-0.05, 0) is 70.5 Å². The molecule has 1 aromatic heterocycles. The van der Waals surface area contributed by atoms with Gasteiger partial charge in [0.15, 0.2) is 6.10 Å². The summed E-state index contributed by atoms with van der Waals surface area (Å²) in [5.41, 5.74) is 7.44. The van der Waals surface area contributed by atoms with Crippen LogP contribution in [0.25, 0.3) is 0 Å². The Labute approximate surface area is 268 Å². The van der Waals surface area contributed by atoms with Crippen molar-refractivity contribution >= 4 is 21.5 Å². The molecule has 0 saturated carbocycles. The number of amides is 1. The van der Waals surface area contributed by atoms with E-state index in [4.69, 9.17) is 4.74 Å². The highest BCUT2D eigenvalue weighted by atomic mass is 32.2. The van der Waals surface area contributed by atoms with Gasteiger partial charge in [0.25, 0.3) is 5.91 Å². The lowest BCUT2D eigenvalue weighted by molar-refractivity contribution is -0.122. The van der Waals surface area contributed by atoms with Crippen LogP contribution in [0.3, 0.4) is 0 Å². The van der Waals surface area contributed by atoms with E-state index in [9.17, 15) is 13.8 Å². The lowest BCUT2D eigenvalue weighted by Gasteiger charge is -2.37. The number of anilines is 1. The fourth-order valence-corrected chi connectivity index (χ4v) is 8.97. The van der Waals surface area contributed by atoms with E-state index in [1.807, 2.05) is 91.0 Å². The van der Waals surface area contributed by atoms with Crippen LogP contribution in [0.15, 0.2) is 108 Å². The topological polar surface area (TPSA) is 109 Å². The van der Waals surface area contributed by atoms with Gasteiger partial charge in [0, 0.05) is 5.69 Å². The number of fused-ring (bicyclic) bond motifs is 3. The molecule has 232 valence electrons. The minimum atomic E-state index is -3.76. The Morgan fingerprint density at radius 2 is 1.54 bits per heavy atom. The monoisotopic (exact) mass is 629 g/mol. The van der Waals surface area contributed by atoms with E-state index in [2.05, 4.69) is 28.1 Å². The number of benzene rings is 4. The Kier molecular flexibility index (Phi) is 6.84. The van der Waals surface area contributed by atoms with Crippen LogP contribution >= 0.6 is 0 Å². The first-order valence-electron chi connectivity index (χ1n) is 15.8. The maximum absolute atomic E-state index is 14.7. The van der Waals surface area contributed by atoms with E-state index in [-0.39, 0.29) is 23.2 Å². The minimum Gasteiger partial charge on any atom is -0.461 e. The molecule has 0 spiro atoms. The molecule has 3 N–H and O–H groups in total. The zero-order valence-electron chi connectivity index (χ0n) is 25.5. The summed E-state index contributed by atoms with van der Waals surface area (Å²) < 4.78 is 35.1. The summed E-state index contributed by atoms with van der Waals surface area (Å²) in [5.74, 6) is 0.325. The molecule has 3 aliphatic rings. The molecule has 9 heteroatoms. The molecule has 4 aromatic carbocycles. The Balaban J connectivity index is 1.13. The highest BCUT2D eigenvalue weighted by Gasteiger charge is 2.43. The largest absolute Gasteiger partial charge is 0.461 e. The quantitative estimate of drug-likeness (QED) is 0.174. The van der Waals surface area contributed by atoms with Gasteiger partial charge in [0.05, 0.1) is 12.7 Å². The molecule has 8 rings (SSSR count). The number of ether oxygens (including phenoxy) is 1.